The Morgan fingerprint density at radius 3 is 2.67 bits per heavy atom. The van der Waals surface area contributed by atoms with Crippen LogP contribution in [0.3, 0.4) is 0 Å². The fourth-order valence-electron chi connectivity index (χ4n) is 2.52. The second-order valence-electron chi connectivity index (χ2n) is 5.96. The van der Waals surface area contributed by atoms with Gasteiger partial charge in [0.1, 0.15) is 5.69 Å². The Kier molecular flexibility index (Phi) is 7.55. The molecular formula is C19H22ClN3O4. The molecule has 0 bridgehead atoms. The highest BCUT2D eigenvalue weighted by Gasteiger charge is 2.22. The first-order valence-corrected chi connectivity index (χ1v) is 9.04. The van der Waals surface area contributed by atoms with Crippen LogP contribution in [0.5, 0.6) is 0 Å². The number of methoxy groups -OCH3 is 1. The van der Waals surface area contributed by atoms with E-state index in [1.54, 1.807) is 24.3 Å². The number of nitrogens with zero attached hydrogens (tertiary/aromatic N) is 2. The zero-order chi connectivity index (χ0) is 19.8. The first-order valence-electron chi connectivity index (χ1n) is 8.66. The second-order valence-corrected chi connectivity index (χ2v) is 6.37. The topological polar surface area (TPSA) is 90.3 Å². The van der Waals surface area contributed by atoms with E-state index >= 15 is 0 Å². The number of hydrogen-bond donors (Lipinski definition) is 1. The van der Waals surface area contributed by atoms with Crippen molar-refractivity contribution in [1.29, 1.82) is 0 Å². The lowest BCUT2D eigenvalue weighted by Crippen LogP contribution is -2.33. The van der Waals surface area contributed by atoms with Gasteiger partial charge < -0.3 is 10.1 Å². The van der Waals surface area contributed by atoms with Crippen molar-refractivity contribution in [1.82, 2.24) is 15.1 Å². The highest BCUT2D eigenvalue weighted by Crippen LogP contribution is 2.25. The smallest absolute Gasteiger partial charge is 0.307 e. The van der Waals surface area contributed by atoms with Crippen molar-refractivity contribution in [3.63, 3.8) is 0 Å². The van der Waals surface area contributed by atoms with Crippen LogP contribution in [0.2, 0.25) is 5.02 Å². The van der Waals surface area contributed by atoms with Gasteiger partial charge in [0.15, 0.2) is 0 Å². The average molecular weight is 392 g/mol. The molecule has 2 rings (SSSR count). The van der Waals surface area contributed by atoms with E-state index < -0.39 is 17.9 Å². The maximum Gasteiger partial charge on any atom is 0.307 e. The normalized spacial score (nSPS) is 11.7. The van der Waals surface area contributed by atoms with Crippen molar-refractivity contribution in [2.75, 3.05) is 7.11 Å². The van der Waals surface area contributed by atoms with Gasteiger partial charge >= 0.3 is 5.97 Å². The van der Waals surface area contributed by atoms with E-state index in [1.165, 1.54) is 23.9 Å². The standard InChI is InChI=1S/C19H22ClN3O4/c1-3-4-11-23-17(24)10-9-15(22-23)19(26)21-16(12-18(25)27-2)13-7-5-6-8-14(13)20/h5-10,16H,3-4,11-12H2,1-2H3,(H,21,26). The largest absolute Gasteiger partial charge is 0.469 e. The van der Waals surface area contributed by atoms with Crippen LogP contribution in [0.4, 0.5) is 0 Å². The molecule has 1 heterocycles. The van der Waals surface area contributed by atoms with Gasteiger partial charge in [-0.25, -0.2) is 4.68 Å². The summed E-state index contributed by atoms with van der Waals surface area (Å²) >= 11 is 6.21. The highest BCUT2D eigenvalue weighted by molar-refractivity contribution is 6.31. The summed E-state index contributed by atoms with van der Waals surface area (Å²) in [6.45, 7) is 2.44. The van der Waals surface area contributed by atoms with Crippen molar-refractivity contribution >= 4 is 23.5 Å². The van der Waals surface area contributed by atoms with Crippen LogP contribution in [-0.4, -0.2) is 28.8 Å². The molecule has 1 aromatic carbocycles. The number of aromatic nitrogens is 2. The zero-order valence-electron chi connectivity index (χ0n) is 15.3. The van der Waals surface area contributed by atoms with E-state index in [2.05, 4.69) is 10.4 Å². The molecule has 7 nitrogen and oxygen atoms in total. The zero-order valence-corrected chi connectivity index (χ0v) is 16.0. The van der Waals surface area contributed by atoms with Gasteiger partial charge in [0.25, 0.3) is 11.5 Å². The molecule has 2 aromatic rings. The molecule has 144 valence electrons. The van der Waals surface area contributed by atoms with Gasteiger partial charge in [0, 0.05) is 17.6 Å². The quantitative estimate of drug-likeness (QED) is 0.699. The van der Waals surface area contributed by atoms with Crippen molar-refractivity contribution in [3.8, 4) is 0 Å². The van der Waals surface area contributed by atoms with Crippen molar-refractivity contribution in [3.05, 3.63) is 63.0 Å². The van der Waals surface area contributed by atoms with Crippen molar-refractivity contribution in [2.45, 2.75) is 38.8 Å². The summed E-state index contributed by atoms with van der Waals surface area (Å²) in [5.41, 5.74) is 0.419. The monoisotopic (exact) mass is 391 g/mol. The number of hydrogen-bond acceptors (Lipinski definition) is 5. The molecule has 0 fully saturated rings. The van der Waals surface area contributed by atoms with E-state index in [9.17, 15) is 14.4 Å². The summed E-state index contributed by atoms with van der Waals surface area (Å²) < 4.78 is 5.98. The Morgan fingerprint density at radius 1 is 1.26 bits per heavy atom. The Balaban J connectivity index is 2.26. The lowest BCUT2D eigenvalue weighted by Gasteiger charge is -2.19. The van der Waals surface area contributed by atoms with E-state index in [0.717, 1.165) is 12.8 Å². The Bertz CT molecular complexity index is 866. The number of amides is 1. The number of esters is 1. The molecular weight excluding hydrogens is 370 g/mol. The predicted octanol–water partition coefficient (Wildman–Crippen LogP) is 2.73. The predicted molar refractivity (Wildman–Crippen MR) is 102 cm³/mol. The highest BCUT2D eigenvalue weighted by atomic mass is 35.5. The first kappa shape index (κ1) is 20.6. The summed E-state index contributed by atoms with van der Waals surface area (Å²) in [5.74, 6) is -0.991. The van der Waals surface area contributed by atoms with Crippen LogP contribution >= 0.6 is 11.6 Å². The molecule has 0 aliphatic rings. The van der Waals surface area contributed by atoms with Gasteiger partial charge in [-0.2, -0.15) is 5.10 Å². The third-order valence-corrected chi connectivity index (χ3v) is 4.35. The van der Waals surface area contributed by atoms with Crippen LogP contribution in [0.1, 0.15) is 48.3 Å². The van der Waals surface area contributed by atoms with Gasteiger partial charge in [-0.1, -0.05) is 43.1 Å². The maximum absolute atomic E-state index is 12.7. The molecule has 1 N–H and O–H groups in total. The molecule has 1 unspecified atom stereocenters. The maximum atomic E-state index is 12.7. The third-order valence-electron chi connectivity index (χ3n) is 4.01. The molecule has 1 amide bonds. The Morgan fingerprint density at radius 2 is 2.00 bits per heavy atom. The molecule has 8 heteroatoms. The lowest BCUT2D eigenvalue weighted by molar-refractivity contribution is -0.141. The summed E-state index contributed by atoms with van der Waals surface area (Å²) in [5, 5.41) is 7.30. The number of halogens is 1. The molecule has 0 aliphatic heterocycles. The molecule has 0 saturated carbocycles. The van der Waals surface area contributed by atoms with Crippen LogP contribution < -0.4 is 10.9 Å². The first-order chi connectivity index (χ1) is 13.0. The molecule has 27 heavy (non-hydrogen) atoms. The van der Waals surface area contributed by atoms with Crippen molar-refractivity contribution in [2.24, 2.45) is 0 Å². The van der Waals surface area contributed by atoms with Gasteiger partial charge in [-0.05, 0) is 24.1 Å². The molecule has 1 atom stereocenters. The fraction of sp³-hybridized carbons (Fsp3) is 0.368. The van der Waals surface area contributed by atoms with Gasteiger partial charge in [-0.15, -0.1) is 0 Å². The van der Waals surface area contributed by atoms with Crippen LogP contribution in [0.15, 0.2) is 41.2 Å². The molecule has 0 saturated heterocycles. The summed E-state index contributed by atoms with van der Waals surface area (Å²) in [7, 11) is 1.28. The second kappa shape index (κ2) is 9.87. The fourth-order valence-corrected chi connectivity index (χ4v) is 2.78. The molecule has 1 aromatic heterocycles. The number of rotatable bonds is 8. The average Bonchev–Trinajstić information content (AvgIpc) is 2.67. The number of nitrogens with one attached hydrogen (secondary N) is 1. The Labute approximate surface area is 162 Å². The minimum Gasteiger partial charge on any atom is -0.469 e. The number of carbonyl (C=O) groups excluding carboxylic acids is 2. The van der Waals surface area contributed by atoms with Gasteiger partial charge in [0.2, 0.25) is 0 Å². The minimum atomic E-state index is -0.684. The summed E-state index contributed by atoms with van der Waals surface area (Å²) in [4.78, 5) is 36.3. The van der Waals surface area contributed by atoms with Crippen LogP contribution in [-0.2, 0) is 16.1 Å². The molecule has 0 aliphatic carbocycles. The number of unbranched alkanes of at least 4 members (excludes halogenated alkanes) is 1. The van der Waals surface area contributed by atoms with Crippen molar-refractivity contribution < 1.29 is 14.3 Å². The number of benzene rings is 1. The molecule has 0 radical (unpaired) electrons. The summed E-state index contributed by atoms with van der Waals surface area (Å²) in [6.07, 6.45) is 1.60. The Hall–Kier alpha value is -2.67. The van der Waals surface area contributed by atoms with Gasteiger partial charge in [0.05, 0.1) is 19.6 Å². The lowest BCUT2D eigenvalue weighted by atomic mass is 10.0. The van der Waals surface area contributed by atoms with E-state index in [-0.39, 0.29) is 17.7 Å². The van der Waals surface area contributed by atoms with E-state index in [1.807, 2.05) is 6.92 Å². The van der Waals surface area contributed by atoms with E-state index in [4.69, 9.17) is 16.3 Å². The van der Waals surface area contributed by atoms with E-state index in [0.29, 0.717) is 17.1 Å². The van der Waals surface area contributed by atoms with Gasteiger partial charge in [-0.3, -0.25) is 14.4 Å². The number of aryl methyl sites for hydroxylation is 1. The molecule has 0 spiro atoms. The van der Waals surface area contributed by atoms with Crippen LogP contribution in [0, 0.1) is 0 Å². The SMILES string of the molecule is CCCCn1nc(C(=O)NC(CC(=O)OC)c2ccccc2Cl)ccc1=O. The summed E-state index contributed by atoms with van der Waals surface area (Å²) in [6, 6.07) is 8.91. The third kappa shape index (κ3) is 5.65. The number of carbonyl (C=O) groups is 2. The number of ether oxygens (including phenoxy) is 1. The minimum absolute atomic E-state index is 0.0819. The van der Waals surface area contributed by atoms with Crippen LogP contribution in [0.25, 0.3) is 0 Å².